The minimum Gasteiger partial charge on any atom is -0.339 e. The van der Waals surface area contributed by atoms with E-state index in [1.807, 2.05) is 34.9 Å². The predicted octanol–water partition coefficient (Wildman–Crippen LogP) is 2.07. The highest BCUT2D eigenvalue weighted by Gasteiger charge is 2.30. The summed E-state index contributed by atoms with van der Waals surface area (Å²) in [5.74, 6) is 2.39. The summed E-state index contributed by atoms with van der Waals surface area (Å²) in [7, 11) is 0. The van der Waals surface area contributed by atoms with E-state index in [1.165, 1.54) is 0 Å². The van der Waals surface area contributed by atoms with E-state index >= 15 is 0 Å². The number of pyridine rings is 1. The molecule has 5 aromatic rings. The van der Waals surface area contributed by atoms with Crippen LogP contribution in [0.4, 0.5) is 5.82 Å². The molecule has 0 saturated heterocycles. The van der Waals surface area contributed by atoms with Crippen LogP contribution in [0.15, 0.2) is 41.2 Å². The van der Waals surface area contributed by atoms with E-state index in [2.05, 4.69) is 35.7 Å². The van der Waals surface area contributed by atoms with Crippen molar-refractivity contribution in [1.82, 2.24) is 39.3 Å². The van der Waals surface area contributed by atoms with Gasteiger partial charge in [0.2, 0.25) is 17.6 Å². The van der Waals surface area contributed by atoms with Crippen molar-refractivity contribution >= 4 is 23.0 Å². The average Bonchev–Trinajstić information content (AvgIpc) is 3.23. The van der Waals surface area contributed by atoms with Crippen molar-refractivity contribution in [2.24, 2.45) is 5.92 Å². The lowest BCUT2D eigenvalue weighted by Gasteiger charge is -2.02. The smallest absolute Gasteiger partial charge is 0.228 e. The van der Waals surface area contributed by atoms with Gasteiger partial charge in [-0.1, -0.05) is 5.16 Å². The Labute approximate surface area is 175 Å². The summed E-state index contributed by atoms with van der Waals surface area (Å²) in [5, 5.41) is 20.0. The van der Waals surface area contributed by atoms with Crippen molar-refractivity contribution in [2.75, 3.05) is 5.32 Å². The lowest BCUT2D eigenvalue weighted by atomic mass is 10.2. The number of hydrogen-bond donors (Lipinski definition) is 1. The van der Waals surface area contributed by atoms with Crippen LogP contribution in [0.2, 0.25) is 0 Å². The third-order valence-corrected chi connectivity index (χ3v) is 5.17. The Morgan fingerprint density at radius 3 is 2.81 bits per heavy atom. The van der Waals surface area contributed by atoms with Crippen molar-refractivity contribution in [3.8, 4) is 11.4 Å². The standard InChI is InChI=1S/C20H17N9O2/c1-11-21-19(27-31-11)13-4-6-17-24-25-18(28(17)9-13)8-14-5-7-16-22-15(10-29(16)26-14)23-20(30)12-2-3-12/h4-7,9-10,12H,2-3,8H2,1H3,(H,23,30). The molecule has 1 fully saturated rings. The number of hydrogen-bond acceptors (Lipinski definition) is 8. The number of anilines is 1. The van der Waals surface area contributed by atoms with Crippen molar-refractivity contribution in [2.45, 2.75) is 26.2 Å². The molecule has 154 valence electrons. The fourth-order valence-electron chi connectivity index (χ4n) is 3.42. The van der Waals surface area contributed by atoms with Crippen molar-refractivity contribution in [1.29, 1.82) is 0 Å². The molecule has 11 nitrogen and oxygen atoms in total. The number of carbonyl (C=O) groups excluding carboxylic acids is 1. The van der Waals surface area contributed by atoms with Gasteiger partial charge in [-0.2, -0.15) is 10.1 Å². The minimum absolute atomic E-state index is 0.0196. The zero-order valence-corrected chi connectivity index (χ0v) is 16.6. The number of rotatable bonds is 5. The molecule has 0 aliphatic heterocycles. The molecule has 0 aromatic carbocycles. The van der Waals surface area contributed by atoms with Crippen LogP contribution in [0.25, 0.3) is 22.7 Å². The molecule has 0 atom stereocenters. The molecule has 0 spiro atoms. The number of nitrogens with zero attached hydrogens (tertiary/aromatic N) is 8. The second-order valence-corrected chi connectivity index (χ2v) is 7.59. The van der Waals surface area contributed by atoms with Crippen molar-refractivity contribution in [3.05, 3.63) is 54.1 Å². The number of imidazole rings is 1. The Bertz CT molecular complexity index is 1440. The molecule has 5 aromatic heterocycles. The fraction of sp³-hybridized carbons (Fsp3) is 0.250. The summed E-state index contributed by atoms with van der Waals surface area (Å²) >= 11 is 0. The maximum absolute atomic E-state index is 12.0. The van der Waals surface area contributed by atoms with Crippen LogP contribution >= 0.6 is 0 Å². The molecule has 5 heterocycles. The molecule has 1 saturated carbocycles. The zero-order valence-electron chi connectivity index (χ0n) is 16.6. The molecule has 1 aliphatic rings. The Morgan fingerprint density at radius 1 is 1.13 bits per heavy atom. The Kier molecular flexibility index (Phi) is 3.82. The van der Waals surface area contributed by atoms with Crippen molar-refractivity contribution in [3.63, 3.8) is 0 Å². The van der Waals surface area contributed by atoms with E-state index in [9.17, 15) is 4.79 Å². The SMILES string of the molecule is Cc1nc(-c2ccc3nnc(Cc4ccc5nc(NC(=O)C6CC6)cn5n4)n3c2)no1. The maximum atomic E-state index is 12.0. The van der Waals surface area contributed by atoms with Gasteiger partial charge in [0.05, 0.1) is 18.3 Å². The molecule has 0 bridgehead atoms. The van der Waals surface area contributed by atoms with E-state index in [4.69, 9.17) is 4.52 Å². The number of fused-ring (bicyclic) bond motifs is 2. The summed E-state index contributed by atoms with van der Waals surface area (Å²) < 4.78 is 8.63. The lowest BCUT2D eigenvalue weighted by molar-refractivity contribution is -0.117. The topological polar surface area (TPSA) is 128 Å². The van der Waals surface area contributed by atoms with E-state index in [1.54, 1.807) is 17.6 Å². The molecule has 1 amide bonds. The monoisotopic (exact) mass is 415 g/mol. The number of nitrogens with one attached hydrogen (secondary N) is 1. The highest BCUT2D eigenvalue weighted by atomic mass is 16.5. The summed E-state index contributed by atoms with van der Waals surface area (Å²) in [5.41, 5.74) is 2.98. The van der Waals surface area contributed by atoms with Gasteiger partial charge < -0.3 is 9.84 Å². The molecular weight excluding hydrogens is 398 g/mol. The van der Waals surface area contributed by atoms with Gasteiger partial charge in [-0.05, 0) is 37.1 Å². The third kappa shape index (κ3) is 3.29. The van der Waals surface area contributed by atoms with Gasteiger partial charge in [-0.25, -0.2) is 9.50 Å². The van der Waals surface area contributed by atoms with Crippen molar-refractivity contribution < 1.29 is 9.32 Å². The van der Waals surface area contributed by atoms with Gasteiger partial charge in [-0.3, -0.25) is 9.20 Å². The van der Waals surface area contributed by atoms with E-state index < -0.39 is 0 Å². The Balaban J connectivity index is 1.29. The second kappa shape index (κ2) is 6.69. The zero-order chi connectivity index (χ0) is 20.9. The summed E-state index contributed by atoms with van der Waals surface area (Å²) in [6.45, 7) is 1.75. The molecular formula is C20H17N9O2. The normalized spacial score (nSPS) is 13.8. The van der Waals surface area contributed by atoms with Crippen LogP contribution in [-0.2, 0) is 11.2 Å². The molecule has 11 heteroatoms. The van der Waals surface area contributed by atoms with Crippen LogP contribution in [-0.4, -0.2) is 45.2 Å². The second-order valence-electron chi connectivity index (χ2n) is 7.59. The molecule has 1 N–H and O–H groups in total. The summed E-state index contributed by atoms with van der Waals surface area (Å²) in [6, 6.07) is 7.50. The fourth-order valence-corrected chi connectivity index (χ4v) is 3.42. The van der Waals surface area contributed by atoms with Crippen LogP contribution in [0.3, 0.4) is 0 Å². The molecule has 1 aliphatic carbocycles. The van der Waals surface area contributed by atoms with Crippen LogP contribution < -0.4 is 5.32 Å². The number of amides is 1. The van der Waals surface area contributed by atoms with Gasteiger partial charge in [0, 0.05) is 24.6 Å². The first-order valence-corrected chi connectivity index (χ1v) is 9.93. The Hall–Kier alpha value is -4.15. The first-order valence-electron chi connectivity index (χ1n) is 9.93. The van der Waals surface area contributed by atoms with Crippen LogP contribution in [0, 0.1) is 12.8 Å². The molecule has 0 radical (unpaired) electrons. The van der Waals surface area contributed by atoms with Gasteiger partial charge >= 0.3 is 0 Å². The first-order chi connectivity index (χ1) is 15.1. The molecule has 0 unspecified atom stereocenters. The lowest BCUT2D eigenvalue weighted by Crippen LogP contribution is -2.13. The number of carbonyl (C=O) groups is 1. The predicted molar refractivity (Wildman–Crippen MR) is 108 cm³/mol. The first kappa shape index (κ1) is 17.7. The highest BCUT2D eigenvalue weighted by molar-refractivity contribution is 5.93. The van der Waals surface area contributed by atoms with Gasteiger partial charge in [0.25, 0.3) is 0 Å². The third-order valence-electron chi connectivity index (χ3n) is 5.17. The van der Waals surface area contributed by atoms with E-state index in [-0.39, 0.29) is 11.8 Å². The molecule has 6 rings (SSSR count). The summed E-state index contributed by atoms with van der Waals surface area (Å²) in [6.07, 6.45) is 5.96. The van der Waals surface area contributed by atoms with Gasteiger partial charge in [0.15, 0.2) is 17.1 Å². The van der Waals surface area contributed by atoms with Gasteiger partial charge in [-0.15, -0.1) is 10.2 Å². The quantitative estimate of drug-likeness (QED) is 0.462. The molecule has 31 heavy (non-hydrogen) atoms. The maximum Gasteiger partial charge on any atom is 0.228 e. The largest absolute Gasteiger partial charge is 0.339 e. The number of aryl methyl sites for hydroxylation is 1. The minimum atomic E-state index is 0.0196. The van der Waals surface area contributed by atoms with Crippen LogP contribution in [0.1, 0.15) is 30.3 Å². The van der Waals surface area contributed by atoms with Gasteiger partial charge in [0.1, 0.15) is 5.82 Å². The summed E-state index contributed by atoms with van der Waals surface area (Å²) in [4.78, 5) is 20.7. The van der Waals surface area contributed by atoms with E-state index in [0.29, 0.717) is 35.2 Å². The Morgan fingerprint density at radius 2 is 2.00 bits per heavy atom. The van der Waals surface area contributed by atoms with E-state index in [0.717, 1.165) is 29.9 Å². The highest BCUT2D eigenvalue weighted by Crippen LogP contribution is 2.30. The van der Waals surface area contributed by atoms with Crippen LogP contribution in [0.5, 0.6) is 0 Å². The average molecular weight is 415 g/mol. The number of aromatic nitrogens is 8.